The van der Waals surface area contributed by atoms with E-state index in [9.17, 15) is 15.3 Å². The van der Waals surface area contributed by atoms with Gasteiger partial charge in [-0.1, -0.05) is 48.0 Å². The molecule has 0 aliphatic carbocycles. The minimum Gasteiger partial charge on any atom is -0.508 e. The Bertz CT molecular complexity index is 815. The van der Waals surface area contributed by atoms with Crippen LogP contribution in [0.15, 0.2) is 65.9 Å². The number of aliphatic hydroxyl groups is 2. The maximum absolute atomic E-state index is 10.3. The van der Waals surface area contributed by atoms with Gasteiger partial charge in [0.05, 0.1) is 37.1 Å². The van der Waals surface area contributed by atoms with Crippen molar-refractivity contribution in [2.45, 2.75) is 31.7 Å². The second kappa shape index (κ2) is 12.5. The first-order valence-electron chi connectivity index (χ1n) is 9.37. The van der Waals surface area contributed by atoms with Gasteiger partial charge in [-0.2, -0.15) is 0 Å². The van der Waals surface area contributed by atoms with Crippen LogP contribution in [0.5, 0.6) is 5.75 Å². The molecule has 0 unspecified atom stereocenters. The van der Waals surface area contributed by atoms with Crippen molar-refractivity contribution in [1.29, 1.82) is 0 Å². The summed E-state index contributed by atoms with van der Waals surface area (Å²) < 4.78 is 10.7. The minimum absolute atomic E-state index is 0.0484. The number of methoxy groups -OCH3 is 1. The van der Waals surface area contributed by atoms with Crippen LogP contribution in [0, 0.1) is 0 Å². The van der Waals surface area contributed by atoms with Gasteiger partial charge in [-0.05, 0) is 34.9 Å². The number of halogens is 1. The van der Waals surface area contributed by atoms with Crippen LogP contribution in [-0.2, 0) is 16.1 Å². The minimum atomic E-state index is -0.821. The molecule has 0 bridgehead atoms. The molecule has 0 heterocycles. The van der Waals surface area contributed by atoms with Gasteiger partial charge in [0.25, 0.3) is 0 Å². The first kappa shape index (κ1) is 23.2. The second-order valence-electron chi connectivity index (χ2n) is 6.70. The predicted octanol–water partition coefficient (Wildman–Crippen LogP) is 4.16. The molecule has 3 N–H and O–H groups in total. The van der Waals surface area contributed by atoms with Gasteiger partial charge >= 0.3 is 0 Å². The Hall–Kier alpha value is -2.11. The van der Waals surface area contributed by atoms with E-state index in [1.807, 2.05) is 30.3 Å². The molecule has 6 heteroatoms. The smallest absolute Gasteiger partial charge is 0.117 e. The number of phenols is 1. The number of benzene rings is 2. The summed E-state index contributed by atoms with van der Waals surface area (Å²) >= 11 is 6.05. The third-order valence-electron chi connectivity index (χ3n) is 4.21. The number of aliphatic hydroxyl groups excluding tert-OH is 2. The fourth-order valence-electron chi connectivity index (χ4n) is 2.79. The lowest BCUT2D eigenvalue weighted by Crippen LogP contribution is -2.17. The second-order valence-corrected chi connectivity index (χ2v) is 7.11. The Morgan fingerprint density at radius 3 is 2.62 bits per heavy atom. The van der Waals surface area contributed by atoms with Crippen LogP contribution in [0.25, 0.3) is 0 Å². The zero-order chi connectivity index (χ0) is 21.1. The molecular weight excluding hydrogens is 392 g/mol. The van der Waals surface area contributed by atoms with Crippen molar-refractivity contribution in [3.05, 3.63) is 82.1 Å². The third-order valence-corrected chi connectivity index (χ3v) is 4.54. The molecule has 0 aromatic heterocycles. The molecule has 0 fully saturated rings. The molecule has 5 nitrogen and oxygen atoms in total. The molecule has 2 aromatic rings. The summed E-state index contributed by atoms with van der Waals surface area (Å²) in [6.07, 6.45) is 0.840. The highest BCUT2D eigenvalue weighted by Crippen LogP contribution is 2.28. The van der Waals surface area contributed by atoms with Crippen molar-refractivity contribution in [2.24, 2.45) is 0 Å². The number of ether oxygens (including phenoxy) is 2. The monoisotopic (exact) mass is 418 g/mol. The first-order chi connectivity index (χ1) is 14.0. The summed E-state index contributed by atoms with van der Waals surface area (Å²) in [6, 6.07) is 14.2. The van der Waals surface area contributed by atoms with Crippen LogP contribution < -0.4 is 0 Å². The summed E-state index contributed by atoms with van der Waals surface area (Å²) in [5.74, 6) is 0.0484. The lowest BCUT2D eigenvalue weighted by Gasteiger charge is -2.13. The van der Waals surface area contributed by atoms with E-state index in [0.717, 1.165) is 11.1 Å². The summed E-state index contributed by atoms with van der Waals surface area (Å²) in [5, 5.41) is 30.2. The maximum Gasteiger partial charge on any atom is 0.117 e. The highest BCUT2D eigenvalue weighted by molar-refractivity contribution is 6.31. The molecular formula is C23H27ClO5. The van der Waals surface area contributed by atoms with Crippen LogP contribution in [0.4, 0.5) is 0 Å². The number of hydrogen-bond acceptors (Lipinski definition) is 5. The van der Waals surface area contributed by atoms with E-state index in [4.69, 9.17) is 21.1 Å². The first-order valence-corrected chi connectivity index (χ1v) is 9.75. The van der Waals surface area contributed by atoms with E-state index in [1.54, 1.807) is 19.3 Å². The summed E-state index contributed by atoms with van der Waals surface area (Å²) in [5.41, 5.74) is 5.44. The molecule has 2 rings (SSSR count). The molecule has 0 spiro atoms. The largest absolute Gasteiger partial charge is 0.508 e. The Morgan fingerprint density at radius 1 is 1.17 bits per heavy atom. The van der Waals surface area contributed by atoms with E-state index < -0.39 is 12.2 Å². The fourth-order valence-corrected chi connectivity index (χ4v) is 3.09. The highest BCUT2D eigenvalue weighted by atomic mass is 35.5. The predicted molar refractivity (Wildman–Crippen MR) is 113 cm³/mol. The highest BCUT2D eigenvalue weighted by Gasteiger charge is 2.11. The zero-order valence-corrected chi connectivity index (χ0v) is 17.2. The number of phenolic OH excluding ortho intramolecular Hbond substituents is 1. The number of hydrogen-bond donors (Lipinski definition) is 3. The zero-order valence-electron chi connectivity index (χ0n) is 16.4. The third kappa shape index (κ3) is 8.42. The van der Waals surface area contributed by atoms with Crippen LogP contribution in [0.2, 0.25) is 5.02 Å². The quantitative estimate of drug-likeness (QED) is 0.477. The van der Waals surface area contributed by atoms with E-state index in [-0.39, 0.29) is 18.8 Å². The average Bonchev–Trinajstić information content (AvgIpc) is 2.68. The van der Waals surface area contributed by atoms with Crippen molar-refractivity contribution in [3.8, 4) is 5.75 Å². The molecule has 0 aliphatic heterocycles. The molecule has 2 aromatic carbocycles. The molecule has 0 saturated heterocycles. The lowest BCUT2D eigenvalue weighted by atomic mass is 10.1. The van der Waals surface area contributed by atoms with Crippen molar-refractivity contribution < 1.29 is 24.8 Å². The normalized spacial score (nSPS) is 12.8. The number of rotatable bonds is 11. The number of aromatic hydroxyl groups is 1. The molecule has 0 saturated carbocycles. The maximum atomic E-state index is 10.3. The van der Waals surface area contributed by atoms with E-state index in [0.29, 0.717) is 30.2 Å². The standard InChI is InChI=1S/C23H27ClO5/c1-28-14-18(12-20(26)16-29-15-17-6-3-2-4-7-17)8-5-9-23(27)21-11-10-19(25)13-22(21)24/h2-7,10-11,13,20,23,25-27H,9,12,14-16H2,1H3/t8?,20-,23-/m1/s1. The summed E-state index contributed by atoms with van der Waals surface area (Å²) in [6.45, 7) is 0.967. The molecule has 2 atom stereocenters. The average molecular weight is 419 g/mol. The van der Waals surface area contributed by atoms with E-state index in [1.165, 1.54) is 12.1 Å². The van der Waals surface area contributed by atoms with Gasteiger partial charge in [0.2, 0.25) is 0 Å². The van der Waals surface area contributed by atoms with Gasteiger partial charge in [0, 0.05) is 20.0 Å². The van der Waals surface area contributed by atoms with Crippen LogP contribution in [-0.4, -0.2) is 41.7 Å². The van der Waals surface area contributed by atoms with Gasteiger partial charge in [-0.25, -0.2) is 0 Å². The van der Waals surface area contributed by atoms with Crippen molar-refractivity contribution >= 4 is 11.6 Å². The van der Waals surface area contributed by atoms with Crippen LogP contribution >= 0.6 is 11.6 Å². The molecule has 0 amide bonds. The molecule has 29 heavy (non-hydrogen) atoms. The lowest BCUT2D eigenvalue weighted by molar-refractivity contribution is 0.0273. The van der Waals surface area contributed by atoms with Crippen molar-refractivity contribution in [3.63, 3.8) is 0 Å². The Morgan fingerprint density at radius 2 is 1.93 bits per heavy atom. The summed E-state index contributed by atoms with van der Waals surface area (Å²) in [4.78, 5) is 0. The Balaban J connectivity index is 1.88. The van der Waals surface area contributed by atoms with Gasteiger partial charge in [0.1, 0.15) is 5.75 Å². The van der Waals surface area contributed by atoms with Gasteiger partial charge in [0.15, 0.2) is 0 Å². The molecule has 156 valence electrons. The molecule has 0 radical (unpaired) electrons. The van der Waals surface area contributed by atoms with E-state index >= 15 is 0 Å². The van der Waals surface area contributed by atoms with Crippen LogP contribution in [0.3, 0.4) is 0 Å². The SMILES string of the molecule is COCC(=C=CC[C@@H](O)c1ccc(O)cc1Cl)C[C@@H](O)COCc1ccccc1. The topological polar surface area (TPSA) is 79.2 Å². The van der Waals surface area contributed by atoms with Crippen molar-refractivity contribution in [2.75, 3.05) is 20.3 Å². The fraction of sp³-hybridized carbons (Fsp3) is 0.348. The van der Waals surface area contributed by atoms with Crippen LogP contribution in [0.1, 0.15) is 30.1 Å². The van der Waals surface area contributed by atoms with Gasteiger partial charge in [-0.3, -0.25) is 0 Å². The van der Waals surface area contributed by atoms with Gasteiger partial charge in [-0.15, -0.1) is 5.73 Å². The Kier molecular flexibility index (Phi) is 9.95. The Labute approximate surface area is 176 Å². The van der Waals surface area contributed by atoms with E-state index in [2.05, 4.69) is 5.73 Å². The summed E-state index contributed by atoms with van der Waals surface area (Å²) in [7, 11) is 1.57. The molecule has 0 aliphatic rings. The van der Waals surface area contributed by atoms with Crippen molar-refractivity contribution in [1.82, 2.24) is 0 Å². The van der Waals surface area contributed by atoms with Gasteiger partial charge < -0.3 is 24.8 Å².